The predicted octanol–water partition coefficient (Wildman–Crippen LogP) is 0.534. The number of rotatable bonds is 0. The molecule has 1 aromatic carbocycles. The van der Waals surface area contributed by atoms with Gasteiger partial charge in [-0.1, -0.05) is 0 Å². The summed E-state index contributed by atoms with van der Waals surface area (Å²) in [4.78, 5) is 3.20. The Morgan fingerprint density at radius 3 is 2.80 bits per heavy atom. The number of hydrogen-bond donors (Lipinski definition) is 0. The van der Waals surface area contributed by atoms with Crippen molar-refractivity contribution in [3.8, 4) is 0 Å². The number of hydrogen-bond acceptors (Lipinski definition) is 1. The first-order chi connectivity index (χ1) is 4.47. The van der Waals surface area contributed by atoms with E-state index >= 15 is 0 Å². The molecule has 0 aliphatic rings. The van der Waals surface area contributed by atoms with E-state index in [1.165, 1.54) is 9.78 Å². The minimum atomic E-state index is 0. The van der Waals surface area contributed by atoms with Gasteiger partial charge in [-0.3, -0.25) is 0 Å². The topological polar surface area (TPSA) is 44.1 Å². The average molecular weight is 200 g/mol. The molecule has 0 fully saturated rings. The summed E-state index contributed by atoms with van der Waals surface area (Å²) in [6.07, 6.45) is 0. The van der Waals surface area contributed by atoms with Gasteiger partial charge in [-0.2, -0.15) is 0 Å². The van der Waals surface area contributed by atoms with Gasteiger partial charge in [-0.05, 0) is 0 Å². The molecule has 2 aromatic rings. The van der Waals surface area contributed by atoms with E-state index in [0.29, 0.717) is 14.5 Å². The molecule has 2 nitrogen and oxygen atoms in total. The van der Waals surface area contributed by atoms with Gasteiger partial charge in [0.2, 0.25) is 0 Å². The first kappa shape index (κ1) is 7.48. The van der Waals surface area contributed by atoms with Crippen LogP contribution in [0.15, 0.2) is 29.3 Å². The third-order valence-corrected chi connectivity index (χ3v) is 3.06. The van der Waals surface area contributed by atoms with Crippen molar-refractivity contribution in [1.29, 1.82) is 0 Å². The molecular weight excluding hydrogens is 193 g/mol. The van der Waals surface area contributed by atoms with Gasteiger partial charge in [0.25, 0.3) is 0 Å². The molecule has 0 aliphatic heterocycles. The number of fused-ring (bicyclic) bond motifs is 1. The van der Waals surface area contributed by atoms with Crippen LogP contribution in [0.25, 0.3) is 9.78 Å². The van der Waals surface area contributed by atoms with Crippen molar-refractivity contribution in [2.24, 2.45) is 0 Å². The van der Waals surface area contributed by atoms with Gasteiger partial charge < -0.3 is 5.48 Å². The molecule has 0 saturated carbocycles. The van der Waals surface area contributed by atoms with E-state index in [4.69, 9.17) is 0 Å². The van der Waals surface area contributed by atoms with Crippen molar-refractivity contribution in [2.75, 3.05) is 0 Å². The summed E-state index contributed by atoms with van der Waals surface area (Å²) >= 11 is 0.566. The van der Waals surface area contributed by atoms with Crippen LogP contribution in [0.5, 0.6) is 0 Å². The average Bonchev–Trinajstić information content (AvgIpc) is 2.33. The second kappa shape index (κ2) is 2.97. The number of aromatic nitrogens is 1. The molecule has 10 heavy (non-hydrogen) atoms. The summed E-state index contributed by atoms with van der Waals surface area (Å²) in [6, 6.07) is 8.43. The van der Waals surface area contributed by atoms with E-state index in [-0.39, 0.29) is 5.48 Å². The van der Waals surface area contributed by atoms with Crippen molar-refractivity contribution >= 4 is 24.3 Å². The summed E-state index contributed by atoms with van der Waals surface area (Å²) in [5, 5.41) is 2.14. The number of para-hydroxylation sites is 1. The summed E-state index contributed by atoms with van der Waals surface area (Å²) in [5.74, 6) is 0. The monoisotopic (exact) mass is 201 g/mol. The van der Waals surface area contributed by atoms with Gasteiger partial charge in [0, 0.05) is 0 Å². The van der Waals surface area contributed by atoms with Gasteiger partial charge in [-0.25, -0.2) is 0 Å². The van der Waals surface area contributed by atoms with Crippen molar-refractivity contribution in [1.82, 2.24) is 0 Å². The van der Waals surface area contributed by atoms with Gasteiger partial charge in [-0.15, -0.1) is 0 Å². The second-order valence-corrected chi connectivity index (χ2v) is 3.79. The maximum atomic E-state index is 3.20. The summed E-state index contributed by atoms with van der Waals surface area (Å²) in [7, 11) is 0. The first-order valence-electron chi connectivity index (χ1n) is 2.81. The molecule has 0 bridgehead atoms. The standard InChI is InChI=1S/C7H5NSe.H2O/c1-2-4-7-6(3-1)8-5-9-7;/h1-5H;1H2. The maximum absolute atomic E-state index is 3.20. The van der Waals surface area contributed by atoms with E-state index in [1.54, 1.807) is 0 Å². The first-order valence-corrected chi connectivity index (χ1v) is 4.65. The molecule has 0 atom stereocenters. The molecule has 0 unspecified atom stereocenters. The van der Waals surface area contributed by atoms with E-state index in [1.807, 2.05) is 0 Å². The fourth-order valence-corrected chi connectivity index (χ4v) is 2.36. The molecule has 1 aromatic heterocycles. The Hall–Kier alpha value is -0.631. The molecular formula is C7H7NOSe. The molecule has 0 saturated heterocycles. The van der Waals surface area contributed by atoms with Crippen molar-refractivity contribution in [2.45, 2.75) is 0 Å². The zero-order chi connectivity index (χ0) is 6.10. The molecule has 0 aliphatic carbocycles. The van der Waals surface area contributed by atoms with Crippen LogP contribution in [-0.2, 0) is 0 Å². The second-order valence-electron chi connectivity index (χ2n) is 1.88. The molecule has 2 rings (SSSR count). The van der Waals surface area contributed by atoms with Crippen LogP contribution in [0.1, 0.15) is 0 Å². The third-order valence-electron chi connectivity index (χ3n) is 1.29. The van der Waals surface area contributed by atoms with E-state index in [9.17, 15) is 0 Å². The normalized spacial score (nSPS) is 9.20. The van der Waals surface area contributed by atoms with Gasteiger partial charge in [0.05, 0.1) is 0 Å². The number of nitrogens with one attached hydrogen (secondary N) is 1. The Labute approximate surface area is 64.6 Å². The van der Waals surface area contributed by atoms with Gasteiger partial charge >= 0.3 is 58.6 Å². The van der Waals surface area contributed by atoms with E-state index in [0.717, 1.165) is 0 Å². The molecule has 0 radical (unpaired) electrons. The summed E-state index contributed by atoms with van der Waals surface area (Å²) in [5.41, 5.74) is 1.29. The van der Waals surface area contributed by atoms with E-state index in [2.05, 4.69) is 34.3 Å². The zero-order valence-corrected chi connectivity index (χ0v) is 6.96. The van der Waals surface area contributed by atoms with Crippen LogP contribution in [0.3, 0.4) is 0 Å². The third kappa shape index (κ3) is 1.12. The van der Waals surface area contributed by atoms with Crippen LogP contribution in [0.4, 0.5) is 0 Å². The number of H-pyrrole nitrogens is 1. The molecule has 1 heterocycles. The van der Waals surface area contributed by atoms with Crippen LogP contribution in [0, 0.1) is 0 Å². The SMILES string of the molecule is [OH-].c1ccc2[se]c[nH+]c2c1. The molecule has 3 heteroatoms. The Kier molecular flexibility index (Phi) is 2.22. The van der Waals surface area contributed by atoms with Crippen LogP contribution >= 0.6 is 0 Å². The van der Waals surface area contributed by atoms with Crippen molar-refractivity contribution in [3.05, 3.63) is 29.3 Å². The van der Waals surface area contributed by atoms with Crippen molar-refractivity contribution in [3.63, 3.8) is 0 Å². The van der Waals surface area contributed by atoms with Gasteiger partial charge in [0.1, 0.15) is 0 Å². The van der Waals surface area contributed by atoms with Gasteiger partial charge in [0.15, 0.2) is 0 Å². The molecule has 2 N–H and O–H groups in total. The number of aromatic amines is 1. The quantitative estimate of drug-likeness (QED) is 0.572. The van der Waals surface area contributed by atoms with Crippen LogP contribution in [-0.4, -0.2) is 20.0 Å². The molecule has 0 spiro atoms. The Morgan fingerprint density at radius 2 is 2.00 bits per heavy atom. The van der Waals surface area contributed by atoms with E-state index < -0.39 is 0 Å². The van der Waals surface area contributed by atoms with Crippen LogP contribution in [0.2, 0.25) is 0 Å². The minimum absolute atomic E-state index is 0. The molecule has 0 amide bonds. The predicted molar refractivity (Wildman–Crippen MR) is 39.4 cm³/mol. The Balaban J connectivity index is 0.000000500. The van der Waals surface area contributed by atoms with Crippen LogP contribution < -0.4 is 4.98 Å². The fraction of sp³-hybridized carbons (Fsp3) is 0. The zero-order valence-electron chi connectivity index (χ0n) is 5.24. The molecule has 52 valence electrons. The van der Waals surface area contributed by atoms with Crippen molar-refractivity contribution < 1.29 is 10.5 Å². The fourth-order valence-electron chi connectivity index (χ4n) is 0.845. The summed E-state index contributed by atoms with van der Waals surface area (Å²) < 4.78 is 1.46. The summed E-state index contributed by atoms with van der Waals surface area (Å²) in [6.45, 7) is 0. The Morgan fingerprint density at radius 1 is 1.20 bits per heavy atom. The number of benzene rings is 1. The Bertz CT molecular complexity index is 288.